The van der Waals surface area contributed by atoms with Crippen molar-refractivity contribution in [2.45, 2.75) is 46.1 Å². The first-order valence-electron chi connectivity index (χ1n) is 7.59. The third-order valence-electron chi connectivity index (χ3n) is 3.37. The summed E-state index contributed by atoms with van der Waals surface area (Å²) in [6, 6.07) is 2.06. The highest BCUT2D eigenvalue weighted by Crippen LogP contribution is 2.21. The molecule has 0 aromatic carbocycles. The second-order valence-electron chi connectivity index (χ2n) is 5.68. The maximum absolute atomic E-state index is 5.60. The Morgan fingerprint density at radius 1 is 1.45 bits per heavy atom. The lowest BCUT2D eigenvalue weighted by atomic mass is 10.2. The molecule has 0 bridgehead atoms. The molecule has 1 fully saturated rings. The molecule has 112 valence electrons. The van der Waals surface area contributed by atoms with E-state index in [0.29, 0.717) is 5.92 Å². The van der Waals surface area contributed by atoms with Gasteiger partial charge in [-0.1, -0.05) is 20.8 Å². The molecule has 0 saturated carbocycles. The van der Waals surface area contributed by atoms with E-state index >= 15 is 0 Å². The van der Waals surface area contributed by atoms with E-state index in [-0.39, 0.29) is 6.10 Å². The minimum atomic E-state index is 0.258. The van der Waals surface area contributed by atoms with E-state index < -0.39 is 0 Å². The molecule has 5 heteroatoms. The van der Waals surface area contributed by atoms with E-state index in [4.69, 9.17) is 9.72 Å². The van der Waals surface area contributed by atoms with Gasteiger partial charge in [-0.05, 0) is 13.3 Å². The Morgan fingerprint density at radius 3 is 2.90 bits per heavy atom. The van der Waals surface area contributed by atoms with Crippen molar-refractivity contribution in [3.8, 4) is 0 Å². The van der Waals surface area contributed by atoms with E-state index in [1.165, 1.54) is 0 Å². The van der Waals surface area contributed by atoms with Crippen LogP contribution < -0.4 is 10.2 Å². The molecule has 5 nitrogen and oxygen atoms in total. The van der Waals surface area contributed by atoms with Crippen LogP contribution in [-0.4, -0.2) is 42.3 Å². The molecule has 1 N–H and O–H groups in total. The van der Waals surface area contributed by atoms with Crippen LogP contribution in [0, 0.1) is 0 Å². The molecule has 2 rings (SSSR count). The fraction of sp³-hybridized carbons (Fsp3) is 0.733. The molecule has 1 aliphatic heterocycles. The summed E-state index contributed by atoms with van der Waals surface area (Å²) in [6.07, 6.45) is 1.35. The lowest BCUT2D eigenvalue weighted by Crippen LogP contribution is -2.41. The van der Waals surface area contributed by atoms with Gasteiger partial charge >= 0.3 is 0 Å². The van der Waals surface area contributed by atoms with Gasteiger partial charge in [0, 0.05) is 31.6 Å². The number of nitrogens with zero attached hydrogens (tertiary/aromatic N) is 3. The molecule has 1 unspecified atom stereocenters. The molecule has 0 amide bonds. The van der Waals surface area contributed by atoms with E-state index in [1.54, 1.807) is 0 Å². The minimum Gasteiger partial charge on any atom is -0.375 e. The summed E-state index contributed by atoms with van der Waals surface area (Å²) in [6.45, 7) is 12.0. The number of hydrogen-bond acceptors (Lipinski definition) is 5. The van der Waals surface area contributed by atoms with Crippen LogP contribution in [0.3, 0.4) is 0 Å². The number of aromatic nitrogens is 2. The predicted molar refractivity (Wildman–Crippen MR) is 82.5 cm³/mol. The van der Waals surface area contributed by atoms with Gasteiger partial charge in [0.25, 0.3) is 0 Å². The monoisotopic (exact) mass is 278 g/mol. The van der Waals surface area contributed by atoms with Gasteiger partial charge in [-0.15, -0.1) is 0 Å². The van der Waals surface area contributed by atoms with Crippen LogP contribution in [0.4, 0.5) is 11.6 Å². The number of nitrogens with one attached hydrogen (secondary N) is 1. The van der Waals surface area contributed by atoms with E-state index in [2.05, 4.69) is 49.0 Å². The van der Waals surface area contributed by atoms with Gasteiger partial charge in [-0.2, -0.15) is 0 Å². The van der Waals surface area contributed by atoms with Crippen molar-refractivity contribution in [2.75, 3.05) is 36.5 Å². The van der Waals surface area contributed by atoms with Crippen LogP contribution in [0.15, 0.2) is 6.07 Å². The Hall–Kier alpha value is -1.36. The van der Waals surface area contributed by atoms with E-state index in [0.717, 1.165) is 50.1 Å². The van der Waals surface area contributed by atoms with Crippen molar-refractivity contribution in [1.29, 1.82) is 0 Å². The van der Waals surface area contributed by atoms with Gasteiger partial charge in [0.1, 0.15) is 17.5 Å². The number of hydrogen-bond donors (Lipinski definition) is 1. The normalized spacial score (nSPS) is 19.4. The molecule has 1 aromatic heterocycles. The Morgan fingerprint density at radius 2 is 2.25 bits per heavy atom. The molecule has 0 radical (unpaired) electrons. The van der Waals surface area contributed by atoms with Crippen LogP contribution in [0.2, 0.25) is 0 Å². The summed E-state index contributed by atoms with van der Waals surface area (Å²) < 4.78 is 5.60. The summed E-state index contributed by atoms with van der Waals surface area (Å²) in [5.74, 6) is 3.17. The molecule has 0 aliphatic carbocycles. The fourth-order valence-corrected chi connectivity index (χ4v) is 2.24. The van der Waals surface area contributed by atoms with Crippen LogP contribution in [0.25, 0.3) is 0 Å². The first-order valence-corrected chi connectivity index (χ1v) is 7.59. The lowest BCUT2D eigenvalue weighted by molar-refractivity contribution is 0.0529. The average Bonchev–Trinajstić information content (AvgIpc) is 2.44. The minimum absolute atomic E-state index is 0.258. The van der Waals surface area contributed by atoms with Crippen molar-refractivity contribution in [3.63, 3.8) is 0 Å². The SMILES string of the molecule is CCCNc1cc(N2CCOC(C)C2)nc(C(C)C)n1. The molecule has 1 aromatic rings. The number of morpholine rings is 1. The van der Waals surface area contributed by atoms with Crippen molar-refractivity contribution in [2.24, 2.45) is 0 Å². The molecule has 1 atom stereocenters. The summed E-state index contributed by atoms with van der Waals surface area (Å²) >= 11 is 0. The van der Waals surface area contributed by atoms with Crippen LogP contribution >= 0.6 is 0 Å². The zero-order chi connectivity index (χ0) is 14.5. The maximum Gasteiger partial charge on any atom is 0.135 e. The Bertz CT molecular complexity index is 436. The molecule has 1 saturated heterocycles. The van der Waals surface area contributed by atoms with Gasteiger partial charge in [-0.25, -0.2) is 9.97 Å². The first-order chi connectivity index (χ1) is 9.60. The summed E-state index contributed by atoms with van der Waals surface area (Å²) in [4.78, 5) is 11.6. The summed E-state index contributed by atoms with van der Waals surface area (Å²) in [7, 11) is 0. The third-order valence-corrected chi connectivity index (χ3v) is 3.37. The van der Waals surface area contributed by atoms with E-state index in [1.807, 2.05) is 0 Å². The van der Waals surface area contributed by atoms with Crippen molar-refractivity contribution in [3.05, 3.63) is 11.9 Å². The van der Waals surface area contributed by atoms with Crippen LogP contribution in [-0.2, 0) is 4.74 Å². The van der Waals surface area contributed by atoms with Crippen molar-refractivity contribution >= 4 is 11.6 Å². The van der Waals surface area contributed by atoms with Gasteiger partial charge in [-0.3, -0.25) is 0 Å². The fourth-order valence-electron chi connectivity index (χ4n) is 2.24. The Kier molecular flexibility index (Phi) is 5.17. The molecule has 0 spiro atoms. The number of anilines is 2. The van der Waals surface area contributed by atoms with E-state index in [9.17, 15) is 0 Å². The number of rotatable bonds is 5. The standard InChI is InChI=1S/C15H26N4O/c1-5-6-16-13-9-14(18-15(17-13)11(2)3)19-7-8-20-12(4)10-19/h9,11-12H,5-8,10H2,1-4H3,(H,16,17,18). The quantitative estimate of drug-likeness (QED) is 0.897. The third kappa shape index (κ3) is 3.82. The summed E-state index contributed by atoms with van der Waals surface area (Å²) in [5.41, 5.74) is 0. The first kappa shape index (κ1) is 15.0. The maximum atomic E-state index is 5.60. The second kappa shape index (κ2) is 6.88. The molecule has 2 heterocycles. The largest absolute Gasteiger partial charge is 0.375 e. The van der Waals surface area contributed by atoms with Crippen LogP contribution in [0.1, 0.15) is 45.9 Å². The zero-order valence-corrected chi connectivity index (χ0v) is 13.0. The van der Waals surface area contributed by atoms with Gasteiger partial charge < -0.3 is 15.0 Å². The highest BCUT2D eigenvalue weighted by atomic mass is 16.5. The Balaban J connectivity index is 2.23. The second-order valence-corrected chi connectivity index (χ2v) is 5.68. The summed E-state index contributed by atoms with van der Waals surface area (Å²) in [5, 5.41) is 3.37. The smallest absolute Gasteiger partial charge is 0.135 e. The zero-order valence-electron chi connectivity index (χ0n) is 13.0. The van der Waals surface area contributed by atoms with Gasteiger partial charge in [0.05, 0.1) is 12.7 Å². The van der Waals surface area contributed by atoms with Gasteiger partial charge in [0.15, 0.2) is 0 Å². The number of ether oxygens (including phenoxy) is 1. The highest BCUT2D eigenvalue weighted by Gasteiger charge is 2.19. The Labute approximate surface area is 121 Å². The lowest BCUT2D eigenvalue weighted by Gasteiger charge is -2.32. The molecule has 20 heavy (non-hydrogen) atoms. The van der Waals surface area contributed by atoms with Crippen molar-refractivity contribution < 1.29 is 4.74 Å². The average molecular weight is 278 g/mol. The topological polar surface area (TPSA) is 50.3 Å². The molecule has 1 aliphatic rings. The predicted octanol–water partition coefficient (Wildman–Crippen LogP) is 2.65. The molecular weight excluding hydrogens is 252 g/mol. The highest BCUT2D eigenvalue weighted by molar-refractivity contribution is 5.50. The molecular formula is C15H26N4O. The van der Waals surface area contributed by atoms with Gasteiger partial charge in [0.2, 0.25) is 0 Å². The van der Waals surface area contributed by atoms with Crippen LogP contribution in [0.5, 0.6) is 0 Å². The van der Waals surface area contributed by atoms with Crippen molar-refractivity contribution in [1.82, 2.24) is 9.97 Å².